The smallest absolute Gasteiger partial charge is 0.333 e. The van der Waals surface area contributed by atoms with Crippen molar-refractivity contribution >= 4 is 12.0 Å². The number of carboxylic acids is 1. The lowest BCUT2D eigenvalue weighted by atomic mass is 10.1. The zero-order chi connectivity index (χ0) is 25.6. The van der Waals surface area contributed by atoms with Crippen LogP contribution in [0.5, 0.6) is 5.75 Å². The van der Waals surface area contributed by atoms with Gasteiger partial charge in [-0.3, -0.25) is 0 Å². The van der Waals surface area contributed by atoms with Crippen molar-refractivity contribution in [3.63, 3.8) is 0 Å². The largest absolute Gasteiger partial charge is 0.492 e. The average molecular weight is 489 g/mol. The Balaban J connectivity index is 2.55. The summed E-state index contributed by atoms with van der Waals surface area (Å²) in [5, 5.41) is 12.0. The van der Waals surface area contributed by atoms with Gasteiger partial charge in [-0.15, -0.1) is 0 Å². The highest BCUT2D eigenvalue weighted by molar-refractivity contribution is 5.74. The molecule has 1 aromatic rings. The Labute approximate surface area is 200 Å². The zero-order valence-corrected chi connectivity index (χ0v) is 20.5. The van der Waals surface area contributed by atoms with Crippen LogP contribution >= 0.6 is 0 Å². The average Bonchev–Trinajstić information content (AvgIpc) is 2.76. The van der Waals surface area contributed by atoms with Crippen LogP contribution in [0.2, 0.25) is 0 Å². The lowest BCUT2D eigenvalue weighted by Crippen LogP contribution is -2.44. The van der Waals surface area contributed by atoms with Gasteiger partial charge in [0.1, 0.15) is 12.4 Å². The number of aliphatic carboxylic acids is 1. The molecule has 0 aliphatic rings. The maximum atomic E-state index is 12.9. The third-order valence-electron chi connectivity index (χ3n) is 4.76. The molecule has 1 unspecified atom stereocenters. The number of urea groups is 1. The number of carbonyl (C=O) groups is 2. The van der Waals surface area contributed by atoms with Crippen molar-refractivity contribution in [1.82, 2.24) is 10.2 Å². The minimum atomic E-state index is -2.78. The summed E-state index contributed by atoms with van der Waals surface area (Å²) in [5.74, 6) is -2.93. The summed E-state index contributed by atoms with van der Waals surface area (Å²) in [6, 6.07) is 6.74. The molecule has 0 saturated carbocycles. The number of alkyl halides is 2. The monoisotopic (exact) mass is 488 g/mol. The van der Waals surface area contributed by atoms with Crippen molar-refractivity contribution in [3.05, 3.63) is 29.8 Å². The first kappa shape index (κ1) is 29.6. The van der Waals surface area contributed by atoms with Gasteiger partial charge in [0.05, 0.1) is 19.8 Å². The van der Waals surface area contributed by atoms with Crippen LogP contribution in [0, 0.1) is 5.92 Å². The maximum absolute atomic E-state index is 12.9. The second-order valence-corrected chi connectivity index (χ2v) is 8.48. The number of hydrogen-bond acceptors (Lipinski definition) is 5. The molecule has 0 saturated heterocycles. The summed E-state index contributed by atoms with van der Waals surface area (Å²) < 4.78 is 42.0. The van der Waals surface area contributed by atoms with E-state index in [9.17, 15) is 23.5 Å². The molecule has 10 heteroatoms. The van der Waals surface area contributed by atoms with E-state index in [1.807, 2.05) is 13.8 Å². The van der Waals surface area contributed by atoms with Gasteiger partial charge in [0, 0.05) is 32.5 Å². The van der Waals surface area contributed by atoms with E-state index in [4.69, 9.17) is 14.2 Å². The Morgan fingerprint density at radius 1 is 1.12 bits per heavy atom. The number of benzene rings is 1. The molecule has 0 aliphatic carbocycles. The third kappa shape index (κ3) is 13.3. The molecule has 34 heavy (non-hydrogen) atoms. The van der Waals surface area contributed by atoms with Gasteiger partial charge in [0.2, 0.25) is 5.92 Å². The van der Waals surface area contributed by atoms with Gasteiger partial charge in [-0.2, -0.15) is 0 Å². The number of rotatable bonds is 17. The van der Waals surface area contributed by atoms with Crippen LogP contribution in [0.25, 0.3) is 0 Å². The lowest BCUT2D eigenvalue weighted by molar-refractivity contribution is -0.149. The van der Waals surface area contributed by atoms with Crippen molar-refractivity contribution in [2.75, 3.05) is 46.1 Å². The molecule has 2 amide bonds. The molecule has 0 fully saturated rings. The lowest BCUT2D eigenvalue weighted by Gasteiger charge is -2.24. The Hall–Kier alpha value is -2.46. The van der Waals surface area contributed by atoms with Crippen LogP contribution in [0.4, 0.5) is 13.6 Å². The second-order valence-electron chi connectivity index (χ2n) is 8.48. The van der Waals surface area contributed by atoms with E-state index in [2.05, 4.69) is 5.32 Å². The van der Waals surface area contributed by atoms with Crippen molar-refractivity contribution in [1.29, 1.82) is 0 Å². The number of ether oxygens (including phenoxy) is 3. The normalized spacial score (nSPS) is 12.4. The van der Waals surface area contributed by atoms with Crippen LogP contribution in [-0.2, 0) is 20.7 Å². The molecule has 1 atom stereocenters. The second kappa shape index (κ2) is 15.4. The molecule has 0 aromatic heterocycles. The van der Waals surface area contributed by atoms with Gasteiger partial charge >= 0.3 is 12.0 Å². The van der Waals surface area contributed by atoms with E-state index >= 15 is 0 Å². The molecule has 0 aliphatic heterocycles. The highest BCUT2D eigenvalue weighted by atomic mass is 19.3. The third-order valence-corrected chi connectivity index (χ3v) is 4.76. The van der Waals surface area contributed by atoms with E-state index in [1.54, 1.807) is 31.2 Å². The van der Waals surface area contributed by atoms with E-state index < -0.39 is 18.0 Å². The van der Waals surface area contributed by atoms with E-state index in [0.717, 1.165) is 12.5 Å². The standard InChI is InChI=1S/C24H38F2N2O6/c1-5-33-21(22(29)30)16-19-6-8-20(9-7-19)34-15-12-28(23(31)27-17-18(2)3)11-14-32-13-10-24(4,25)26/h6-9,18,21H,5,10-17H2,1-4H3,(H,27,31)(H,29,30). The van der Waals surface area contributed by atoms with Gasteiger partial charge in [-0.25, -0.2) is 18.4 Å². The summed E-state index contributed by atoms with van der Waals surface area (Å²) in [4.78, 5) is 25.3. The number of halogens is 2. The topological polar surface area (TPSA) is 97.3 Å². The van der Waals surface area contributed by atoms with Crippen molar-refractivity contribution < 1.29 is 37.7 Å². The predicted octanol–water partition coefficient (Wildman–Crippen LogP) is 3.83. The summed E-state index contributed by atoms with van der Waals surface area (Å²) in [6.07, 6.45) is -1.03. The molecule has 0 bridgehead atoms. The number of nitrogens with one attached hydrogen (secondary N) is 1. The van der Waals surface area contributed by atoms with Crippen LogP contribution in [0.3, 0.4) is 0 Å². The first-order chi connectivity index (χ1) is 16.0. The fourth-order valence-electron chi connectivity index (χ4n) is 2.87. The predicted molar refractivity (Wildman–Crippen MR) is 125 cm³/mol. The number of carbonyl (C=O) groups excluding carboxylic acids is 1. The first-order valence-corrected chi connectivity index (χ1v) is 11.6. The number of hydrogen-bond donors (Lipinski definition) is 2. The highest BCUT2D eigenvalue weighted by Gasteiger charge is 2.21. The minimum absolute atomic E-state index is 0.0835. The van der Waals surface area contributed by atoms with Gasteiger partial charge in [-0.1, -0.05) is 26.0 Å². The number of carboxylic acid groups (broad SMARTS) is 1. The van der Waals surface area contributed by atoms with Gasteiger partial charge < -0.3 is 29.5 Å². The van der Waals surface area contributed by atoms with Crippen molar-refractivity contribution in [2.24, 2.45) is 5.92 Å². The van der Waals surface area contributed by atoms with E-state index in [-0.39, 0.29) is 57.7 Å². The van der Waals surface area contributed by atoms with Crippen LogP contribution in [-0.4, -0.2) is 80.1 Å². The molecular weight excluding hydrogens is 450 g/mol. The highest BCUT2D eigenvalue weighted by Crippen LogP contribution is 2.16. The fraction of sp³-hybridized carbons (Fsp3) is 0.667. The molecule has 1 aromatic carbocycles. The summed E-state index contributed by atoms with van der Waals surface area (Å²) >= 11 is 0. The molecule has 194 valence electrons. The molecule has 8 nitrogen and oxygen atoms in total. The number of amides is 2. The van der Waals surface area contributed by atoms with Gasteiger partial charge in [0.25, 0.3) is 0 Å². The molecular formula is C24H38F2N2O6. The Morgan fingerprint density at radius 3 is 2.32 bits per heavy atom. The summed E-state index contributed by atoms with van der Waals surface area (Å²) in [6.45, 7) is 8.19. The SMILES string of the molecule is CCOC(Cc1ccc(OCCN(CCOCCC(C)(F)F)C(=O)NCC(C)C)cc1)C(=O)O. The molecule has 0 radical (unpaired) electrons. The zero-order valence-electron chi connectivity index (χ0n) is 20.5. The maximum Gasteiger partial charge on any atom is 0.333 e. The first-order valence-electron chi connectivity index (χ1n) is 11.6. The molecule has 0 heterocycles. The quantitative estimate of drug-likeness (QED) is 0.324. The van der Waals surface area contributed by atoms with Crippen molar-refractivity contribution in [3.8, 4) is 5.75 Å². The van der Waals surface area contributed by atoms with E-state index in [0.29, 0.717) is 18.9 Å². The van der Waals surface area contributed by atoms with E-state index in [1.165, 1.54) is 4.90 Å². The van der Waals surface area contributed by atoms with Gasteiger partial charge in [-0.05, 0) is 37.5 Å². The van der Waals surface area contributed by atoms with Crippen LogP contribution in [0.1, 0.15) is 39.7 Å². The Kier molecular flexibility index (Phi) is 13.4. The Morgan fingerprint density at radius 2 is 1.76 bits per heavy atom. The Bertz CT molecular complexity index is 725. The molecule has 1 rings (SSSR count). The summed E-state index contributed by atoms with van der Waals surface area (Å²) in [7, 11) is 0. The fourth-order valence-corrected chi connectivity index (χ4v) is 2.87. The van der Waals surface area contributed by atoms with Gasteiger partial charge in [0.15, 0.2) is 6.10 Å². The number of nitrogens with zero attached hydrogens (tertiary/aromatic N) is 1. The van der Waals surface area contributed by atoms with Crippen molar-refractivity contribution in [2.45, 2.75) is 52.6 Å². The van der Waals surface area contributed by atoms with Crippen LogP contribution < -0.4 is 10.1 Å². The molecule has 0 spiro atoms. The summed E-state index contributed by atoms with van der Waals surface area (Å²) in [5.41, 5.74) is 0.803. The minimum Gasteiger partial charge on any atom is -0.492 e. The van der Waals surface area contributed by atoms with Crippen LogP contribution in [0.15, 0.2) is 24.3 Å². The molecule has 2 N–H and O–H groups in total.